The molecule has 0 unspecified atom stereocenters. The lowest BCUT2D eigenvalue weighted by atomic mass is 10.2. The Hall–Kier alpha value is -2.98. The van der Waals surface area contributed by atoms with Gasteiger partial charge in [-0.25, -0.2) is 13.2 Å². The molecule has 2 aromatic carbocycles. The maximum atomic E-state index is 12.0. The predicted octanol–water partition coefficient (Wildman–Crippen LogP) is 2.45. The van der Waals surface area contributed by atoms with Crippen LogP contribution in [0.4, 0.5) is 11.4 Å². The van der Waals surface area contributed by atoms with Crippen LogP contribution in [-0.2, 0) is 19.4 Å². The van der Waals surface area contributed by atoms with E-state index in [2.05, 4.69) is 5.32 Å². The van der Waals surface area contributed by atoms with Crippen LogP contribution in [0.5, 0.6) is 0 Å². The standard InChI is InChI=1S/C16H13ClN2O7S/c1-27(24,25)14-7-6-10(8-13(14)19(22)23)16(21)26-9-15(20)18-12-5-3-2-4-11(12)17/h2-8H,9H2,1H3,(H,18,20). The number of anilines is 1. The summed E-state index contributed by atoms with van der Waals surface area (Å²) in [6, 6.07) is 9.22. The molecule has 1 N–H and O–H groups in total. The Labute approximate surface area is 159 Å². The fourth-order valence-corrected chi connectivity index (χ4v) is 3.08. The number of amides is 1. The number of para-hydroxylation sites is 1. The molecule has 0 aromatic heterocycles. The highest BCUT2D eigenvalue weighted by Gasteiger charge is 2.24. The average molecular weight is 413 g/mol. The third kappa shape index (κ3) is 5.25. The number of nitrogens with one attached hydrogen (secondary N) is 1. The lowest BCUT2D eigenvalue weighted by Crippen LogP contribution is -2.21. The van der Waals surface area contributed by atoms with E-state index in [4.69, 9.17) is 16.3 Å². The average Bonchev–Trinajstić information content (AvgIpc) is 2.60. The van der Waals surface area contributed by atoms with Gasteiger partial charge in [0, 0.05) is 12.3 Å². The molecule has 0 spiro atoms. The Balaban J connectivity index is 2.10. The second kappa shape index (κ2) is 8.14. The molecule has 0 saturated heterocycles. The van der Waals surface area contributed by atoms with E-state index < -0.39 is 43.8 Å². The third-order valence-corrected chi connectivity index (χ3v) is 4.75. The number of nitro groups is 1. The number of rotatable bonds is 6. The maximum absolute atomic E-state index is 12.0. The molecule has 0 atom stereocenters. The van der Waals surface area contributed by atoms with Gasteiger partial charge in [-0.15, -0.1) is 0 Å². The van der Waals surface area contributed by atoms with Crippen LogP contribution in [0, 0.1) is 10.1 Å². The van der Waals surface area contributed by atoms with Crippen molar-refractivity contribution in [1.29, 1.82) is 0 Å². The van der Waals surface area contributed by atoms with Gasteiger partial charge in [0.2, 0.25) is 0 Å². The van der Waals surface area contributed by atoms with Gasteiger partial charge in [0.25, 0.3) is 11.6 Å². The van der Waals surface area contributed by atoms with Crippen LogP contribution in [0.1, 0.15) is 10.4 Å². The minimum absolute atomic E-state index is 0.264. The second-order valence-corrected chi connectivity index (χ2v) is 7.71. The Morgan fingerprint density at radius 1 is 1.22 bits per heavy atom. The molecule has 0 aliphatic rings. The van der Waals surface area contributed by atoms with Gasteiger partial charge in [-0.3, -0.25) is 14.9 Å². The first-order chi connectivity index (χ1) is 12.6. The van der Waals surface area contributed by atoms with Gasteiger partial charge < -0.3 is 10.1 Å². The number of hydrogen-bond acceptors (Lipinski definition) is 7. The van der Waals surface area contributed by atoms with Crippen molar-refractivity contribution in [2.45, 2.75) is 4.90 Å². The number of benzene rings is 2. The van der Waals surface area contributed by atoms with Crippen LogP contribution in [0.15, 0.2) is 47.4 Å². The van der Waals surface area contributed by atoms with Crippen LogP contribution >= 0.6 is 11.6 Å². The molecule has 0 radical (unpaired) electrons. The Bertz CT molecular complexity index is 1020. The highest BCUT2D eigenvalue weighted by atomic mass is 35.5. The molecule has 0 heterocycles. The zero-order valence-corrected chi connectivity index (χ0v) is 15.4. The Morgan fingerprint density at radius 2 is 1.89 bits per heavy atom. The van der Waals surface area contributed by atoms with Crippen molar-refractivity contribution < 1.29 is 27.7 Å². The monoisotopic (exact) mass is 412 g/mol. The predicted molar refractivity (Wildman–Crippen MR) is 96.6 cm³/mol. The van der Waals surface area contributed by atoms with Crippen LogP contribution in [0.3, 0.4) is 0 Å². The van der Waals surface area contributed by atoms with Gasteiger partial charge in [-0.2, -0.15) is 0 Å². The smallest absolute Gasteiger partial charge is 0.338 e. The fraction of sp³-hybridized carbons (Fsp3) is 0.125. The molecule has 1 amide bonds. The van der Waals surface area contributed by atoms with E-state index in [0.717, 1.165) is 24.5 Å². The number of esters is 1. The lowest BCUT2D eigenvalue weighted by molar-refractivity contribution is -0.387. The highest BCUT2D eigenvalue weighted by Crippen LogP contribution is 2.25. The topological polar surface area (TPSA) is 133 Å². The summed E-state index contributed by atoms with van der Waals surface area (Å²) in [5.74, 6) is -1.69. The molecule has 2 aromatic rings. The van der Waals surface area contributed by atoms with Gasteiger partial charge in [0.05, 0.1) is 21.2 Å². The first-order valence-electron chi connectivity index (χ1n) is 7.29. The minimum Gasteiger partial charge on any atom is -0.452 e. The van der Waals surface area contributed by atoms with Crippen LogP contribution in [0.25, 0.3) is 0 Å². The van der Waals surface area contributed by atoms with Gasteiger partial charge >= 0.3 is 5.97 Å². The number of ether oxygens (including phenoxy) is 1. The maximum Gasteiger partial charge on any atom is 0.338 e. The molecule has 11 heteroatoms. The van der Waals surface area contributed by atoms with Crippen molar-refractivity contribution >= 4 is 44.7 Å². The van der Waals surface area contributed by atoms with Crippen LogP contribution < -0.4 is 5.32 Å². The van der Waals surface area contributed by atoms with Gasteiger partial charge in [-0.05, 0) is 24.3 Å². The van der Waals surface area contributed by atoms with Crippen molar-refractivity contribution in [3.8, 4) is 0 Å². The van der Waals surface area contributed by atoms with E-state index in [-0.39, 0.29) is 5.56 Å². The molecular formula is C16H13ClN2O7S. The number of carbonyl (C=O) groups is 2. The number of sulfone groups is 1. The summed E-state index contributed by atoms with van der Waals surface area (Å²) >= 11 is 5.89. The van der Waals surface area contributed by atoms with Crippen LogP contribution in [0.2, 0.25) is 5.02 Å². The van der Waals surface area contributed by atoms with Gasteiger partial charge in [-0.1, -0.05) is 23.7 Å². The van der Waals surface area contributed by atoms with Gasteiger partial charge in [0.1, 0.15) is 4.90 Å². The number of carbonyl (C=O) groups excluding carboxylic acids is 2. The quantitative estimate of drug-likeness (QED) is 0.437. The summed E-state index contributed by atoms with van der Waals surface area (Å²) in [5, 5.41) is 13.8. The summed E-state index contributed by atoms with van der Waals surface area (Å²) in [6.45, 7) is -0.661. The fourth-order valence-electron chi connectivity index (χ4n) is 2.06. The number of nitrogens with zero attached hydrogens (tertiary/aromatic N) is 1. The SMILES string of the molecule is CS(=O)(=O)c1ccc(C(=O)OCC(=O)Nc2ccccc2Cl)cc1[N+](=O)[O-]. The Kier molecular flexibility index (Phi) is 6.13. The number of halogens is 1. The molecule has 2 rings (SSSR count). The van der Waals surface area contributed by atoms with E-state index in [1.807, 2.05) is 0 Å². The molecule has 0 aliphatic carbocycles. The van der Waals surface area contributed by atoms with E-state index in [1.54, 1.807) is 24.3 Å². The van der Waals surface area contributed by atoms with Gasteiger partial charge in [0.15, 0.2) is 16.4 Å². The molecule has 0 saturated carbocycles. The summed E-state index contributed by atoms with van der Waals surface area (Å²) in [7, 11) is -3.86. The number of nitro benzene ring substituents is 1. The van der Waals surface area contributed by atoms with Crippen molar-refractivity contribution in [2.24, 2.45) is 0 Å². The largest absolute Gasteiger partial charge is 0.452 e. The third-order valence-electron chi connectivity index (χ3n) is 3.27. The molecular weight excluding hydrogens is 400 g/mol. The van der Waals surface area contributed by atoms with E-state index in [9.17, 15) is 28.1 Å². The van der Waals surface area contributed by atoms with Crippen molar-refractivity contribution in [1.82, 2.24) is 0 Å². The van der Waals surface area contributed by atoms with Crippen molar-refractivity contribution in [3.63, 3.8) is 0 Å². The minimum atomic E-state index is -3.86. The van der Waals surface area contributed by atoms with Crippen LogP contribution in [-0.4, -0.2) is 38.1 Å². The summed E-state index contributed by atoms with van der Waals surface area (Å²) in [4.78, 5) is 33.4. The molecule has 0 fully saturated rings. The molecule has 0 aliphatic heterocycles. The summed E-state index contributed by atoms with van der Waals surface area (Å²) in [6.07, 6.45) is 0.812. The Morgan fingerprint density at radius 3 is 2.48 bits per heavy atom. The summed E-state index contributed by atoms with van der Waals surface area (Å²) < 4.78 is 27.9. The van der Waals surface area contributed by atoms with E-state index >= 15 is 0 Å². The zero-order chi connectivity index (χ0) is 20.2. The van der Waals surface area contributed by atoms with E-state index in [1.165, 1.54) is 0 Å². The normalized spacial score (nSPS) is 10.9. The molecule has 27 heavy (non-hydrogen) atoms. The molecule has 0 bridgehead atoms. The lowest BCUT2D eigenvalue weighted by Gasteiger charge is -2.08. The number of hydrogen-bond donors (Lipinski definition) is 1. The zero-order valence-electron chi connectivity index (χ0n) is 13.8. The van der Waals surface area contributed by atoms with E-state index in [0.29, 0.717) is 10.7 Å². The van der Waals surface area contributed by atoms with Crippen molar-refractivity contribution in [2.75, 3.05) is 18.2 Å². The molecule has 142 valence electrons. The highest BCUT2D eigenvalue weighted by molar-refractivity contribution is 7.90. The van der Waals surface area contributed by atoms with Crippen molar-refractivity contribution in [3.05, 3.63) is 63.2 Å². The molecule has 9 nitrogen and oxygen atoms in total. The first-order valence-corrected chi connectivity index (χ1v) is 9.56. The second-order valence-electron chi connectivity index (χ2n) is 5.32. The summed E-state index contributed by atoms with van der Waals surface area (Å²) in [5.41, 5.74) is -0.694. The first kappa shape index (κ1) is 20.3.